The van der Waals surface area contributed by atoms with E-state index in [9.17, 15) is 22.4 Å². The van der Waals surface area contributed by atoms with Gasteiger partial charge in [-0.1, -0.05) is 5.21 Å². The molecular formula is C16H26Cl2F4N6O. The van der Waals surface area contributed by atoms with E-state index in [4.69, 9.17) is 0 Å². The summed E-state index contributed by atoms with van der Waals surface area (Å²) in [4.78, 5) is 15.5. The summed E-state index contributed by atoms with van der Waals surface area (Å²) in [5.41, 5.74) is 0.957. The van der Waals surface area contributed by atoms with Crippen LogP contribution in [0, 0.1) is 6.92 Å². The highest BCUT2D eigenvalue weighted by atomic mass is 35.5. The molecule has 0 aromatic carbocycles. The first kappa shape index (κ1) is 25.9. The van der Waals surface area contributed by atoms with Crippen molar-refractivity contribution in [2.24, 2.45) is 0 Å². The van der Waals surface area contributed by atoms with Crippen LogP contribution in [0.25, 0.3) is 0 Å². The van der Waals surface area contributed by atoms with Crippen molar-refractivity contribution in [3.8, 4) is 0 Å². The number of piperazine rings is 1. The number of hydrogen-bond donors (Lipinski definition) is 1. The Bertz CT molecular complexity index is 664. The van der Waals surface area contributed by atoms with Crippen LogP contribution in [0.3, 0.4) is 0 Å². The molecule has 0 unspecified atom stereocenters. The molecule has 2 fully saturated rings. The molecule has 13 heteroatoms. The van der Waals surface area contributed by atoms with Gasteiger partial charge in [-0.3, -0.25) is 9.69 Å². The molecule has 0 atom stereocenters. The highest BCUT2D eigenvalue weighted by molar-refractivity contribution is 5.93. The van der Waals surface area contributed by atoms with Crippen molar-refractivity contribution in [2.75, 3.05) is 45.8 Å². The average molecular weight is 465 g/mol. The predicted octanol–water partition coefficient (Wildman–Crippen LogP) is 2.01. The summed E-state index contributed by atoms with van der Waals surface area (Å²) >= 11 is 0. The molecule has 3 heterocycles. The largest absolute Gasteiger partial charge is 0.335 e. The van der Waals surface area contributed by atoms with E-state index in [1.54, 1.807) is 11.6 Å². The standard InChI is InChI=1S/C16H24F4N6O.2ClH/c1-11-13(22-23-26(11)12-2-4-21-5-3-12)14(27)25-8-6-24(7-9-25)10-16(19,20)15(17)18;;/h12,15,21H,2-10H2,1H3;2*1H. The molecule has 0 aliphatic carbocycles. The number of carbonyl (C=O) groups excluding carboxylic acids is 1. The number of nitrogens with zero attached hydrogens (tertiary/aromatic N) is 5. The van der Waals surface area contributed by atoms with Gasteiger partial charge in [0.15, 0.2) is 5.69 Å². The van der Waals surface area contributed by atoms with Crippen LogP contribution in [-0.4, -0.2) is 88.9 Å². The quantitative estimate of drug-likeness (QED) is 0.675. The van der Waals surface area contributed by atoms with Crippen LogP contribution >= 0.6 is 24.8 Å². The molecule has 2 saturated heterocycles. The van der Waals surface area contributed by atoms with E-state index in [-0.39, 0.29) is 68.6 Å². The Hall–Kier alpha value is -1.17. The summed E-state index contributed by atoms with van der Waals surface area (Å²) in [5, 5.41) is 11.4. The maximum absolute atomic E-state index is 13.2. The lowest BCUT2D eigenvalue weighted by atomic mass is 10.1. The maximum Gasteiger partial charge on any atom is 0.319 e. The zero-order valence-corrected chi connectivity index (χ0v) is 17.6. The van der Waals surface area contributed by atoms with Gasteiger partial charge >= 0.3 is 12.3 Å². The van der Waals surface area contributed by atoms with Crippen molar-refractivity contribution >= 4 is 30.7 Å². The van der Waals surface area contributed by atoms with Gasteiger partial charge in [-0.2, -0.15) is 8.78 Å². The van der Waals surface area contributed by atoms with Crippen LogP contribution in [0.1, 0.15) is 35.1 Å². The second-order valence-electron chi connectivity index (χ2n) is 7.08. The van der Waals surface area contributed by atoms with Crippen LogP contribution in [0.2, 0.25) is 0 Å². The smallest absolute Gasteiger partial charge is 0.319 e. The molecule has 0 spiro atoms. The van der Waals surface area contributed by atoms with Crippen molar-refractivity contribution in [1.29, 1.82) is 0 Å². The molecule has 168 valence electrons. The third kappa shape index (κ3) is 5.93. The first-order valence-corrected chi connectivity index (χ1v) is 9.09. The fourth-order valence-corrected chi connectivity index (χ4v) is 3.56. The number of alkyl halides is 4. The Morgan fingerprint density at radius 1 is 1.17 bits per heavy atom. The van der Waals surface area contributed by atoms with Gasteiger partial charge in [0.1, 0.15) is 0 Å². The zero-order chi connectivity index (χ0) is 19.6. The maximum atomic E-state index is 13.2. The van der Waals surface area contributed by atoms with Crippen LogP contribution in [0.5, 0.6) is 0 Å². The Morgan fingerprint density at radius 3 is 2.31 bits per heavy atom. The SMILES string of the molecule is Cc1c(C(=O)N2CCN(CC(F)(F)C(F)F)CC2)nnn1C1CCNCC1.Cl.Cl. The number of piperidine rings is 1. The Morgan fingerprint density at radius 2 is 1.76 bits per heavy atom. The van der Waals surface area contributed by atoms with Gasteiger partial charge in [-0.15, -0.1) is 29.9 Å². The first-order chi connectivity index (χ1) is 12.8. The normalized spacial score (nSPS) is 19.0. The summed E-state index contributed by atoms with van der Waals surface area (Å²) in [6, 6.07) is 0.203. The molecule has 3 rings (SSSR count). The molecule has 1 amide bonds. The third-order valence-corrected chi connectivity index (χ3v) is 5.20. The lowest BCUT2D eigenvalue weighted by molar-refractivity contribution is -0.144. The van der Waals surface area contributed by atoms with Crippen LogP contribution in [0.15, 0.2) is 0 Å². The lowest BCUT2D eigenvalue weighted by Crippen LogP contribution is -2.52. The molecule has 1 N–H and O–H groups in total. The van der Waals surface area contributed by atoms with E-state index in [2.05, 4.69) is 15.6 Å². The summed E-state index contributed by atoms with van der Waals surface area (Å²) in [6.07, 6.45) is -1.87. The topological polar surface area (TPSA) is 66.3 Å². The lowest BCUT2D eigenvalue weighted by Gasteiger charge is -2.35. The molecular weight excluding hydrogens is 439 g/mol. The first-order valence-electron chi connectivity index (χ1n) is 9.09. The summed E-state index contributed by atoms with van der Waals surface area (Å²) < 4.78 is 52.8. The van der Waals surface area contributed by atoms with E-state index in [1.807, 2.05) is 0 Å². The molecule has 0 saturated carbocycles. The second kappa shape index (κ2) is 10.7. The van der Waals surface area contributed by atoms with Gasteiger partial charge in [0.25, 0.3) is 5.91 Å². The highest BCUT2D eigenvalue weighted by Crippen LogP contribution is 2.25. The van der Waals surface area contributed by atoms with Crippen molar-refractivity contribution in [3.05, 3.63) is 11.4 Å². The predicted molar refractivity (Wildman–Crippen MR) is 104 cm³/mol. The van der Waals surface area contributed by atoms with Gasteiger partial charge < -0.3 is 10.2 Å². The molecule has 2 aliphatic rings. The molecule has 7 nitrogen and oxygen atoms in total. The Balaban J connectivity index is 0.00000210. The second-order valence-corrected chi connectivity index (χ2v) is 7.08. The number of halogens is 6. The Labute approximate surface area is 179 Å². The zero-order valence-electron chi connectivity index (χ0n) is 16.0. The summed E-state index contributed by atoms with van der Waals surface area (Å²) in [5.74, 6) is -4.34. The molecule has 29 heavy (non-hydrogen) atoms. The fraction of sp³-hybridized carbons (Fsp3) is 0.812. The van der Waals surface area contributed by atoms with Crippen LogP contribution in [0.4, 0.5) is 17.6 Å². The summed E-state index contributed by atoms with van der Waals surface area (Å²) in [6.45, 7) is 3.20. The number of hydrogen-bond acceptors (Lipinski definition) is 5. The van der Waals surface area contributed by atoms with Crippen molar-refractivity contribution in [3.63, 3.8) is 0 Å². The number of carbonyl (C=O) groups is 1. The average Bonchev–Trinajstić information content (AvgIpc) is 3.03. The van der Waals surface area contributed by atoms with E-state index >= 15 is 0 Å². The number of nitrogens with one attached hydrogen (secondary N) is 1. The van der Waals surface area contributed by atoms with Gasteiger partial charge in [0.2, 0.25) is 0 Å². The molecule has 0 radical (unpaired) electrons. The number of rotatable bonds is 5. The van der Waals surface area contributed by atoms with E-state index < -0.39 is 18.9 Å². The highest BCUT2D eigenvalue weighted by Gasteiger charge is 2.43. The van der Waals surface area contributed by atoms with Gasteiger partial charge in [-0.05, 0) is 32.9 Å². The number of aromatic nitrogens is 3. The van der Waals surface area contributed by atoms with Crippen LogP contribution < -0.4 is 5.32 Å². The minimum absolute atomic E-state index is 0. The molecule has 1 aromatic rings. The number of amides is 1. The molecule has 1 aromatic heterocycles. The molecule has 2 aliphatic heterocycles. The van der Waals surface area contributed by atoms with Gasteiger partial charge in [0.05, 0.1) is 18.3 Å². The minimum Gasteiger partial charge on any atom is -0.335 e. The van der Waals surface area contributed by atoms with Gasteiger partial charge in [-0.25, -0.2) is 13.5 Å². The third-order valence-electron chi connectivity index (χ3n) is 5.20. The van der Waals surface area contributed by atoms with E-state index in [0.29, 0.717) is 5.69 Å². The van der Waals surface area contributed by atoms with Crippen molar-refractivity contribution < 1.29 is 22.4 Å². The monoisotopic (exact) mass is 464 g/mol. The Kier molecular flexibility index (Phi) is 9.58. The summed E-state index contributed by atoms with van der Waals surface area (Å²) in [7, 11) is 0. The minimum atomic E-state index is -4.04. The van der Waals surface area contributed by atoms with E-state index in [1.165, 1.54) is 9.80 Å². The molecule has 0 bridgehead atoms. The van der Waals surface area contributed by atoms with Gasteiger partial charge in [0, 0.05) is 26.2 Å². The van der Waals surface area contributed by atoms with E-state index in [0.717, 1.165) is 25.9 Å². The van der Waals surface area contributed by atoms with Crippen molar-refractivity contribution in [1.82, 2.24) is 30.1 Å². The van der Waals surface area contributed by atoms with Crippen molar-refractivity contribution in [2.45, 2.75) is 38.2 Å². The van der Waals surface area contributed by atoms with Crippen LogP contribution in [-0.2, 0) is 0 Å². The fourth-order valence-electron chi connectivity index (χ4n) is 3.56.